The molecule has 1 aliphatic heterocycles. The van der Waals surface area contributed by atoms with Crippen molar-refractivity contribution < 1.29 is 15.0 Å². The molecule has 0 aromatic rings. The lowest BCUT2D eigenvalue weighted by Crippen LogP contribution is -2.30. The summed E-state index contributed by atoms with van der Waals surface area (Å²) in [6.45, 7) is 0.483. The average Bonchev–Trinajstić information content (AvgIpc) is 2.31. The summed E-state index contributed by atoms with van der Waals surface area (Å²) in [4.78, 5) is 12.4. The van der Waals surface area contributed by atoms with Crippen molar-refractivity contribution >= 4 is 21.8 Å². The first-order chi connectivity index (χ1) is 5.15. The van der Waals surface area contributed by atoms with Crippen molar-refractivity contribution in [2.75, 3.05) is 18.4 Å². The van der Waals surface area contributed by atoms with Gasteiger partial charge in [-0.1, -0.05) is 15.9 Å². The van der Waals surface area contributed by atoms with E-state index < -0.39 is 12.2 Å². The number of carbonyl (C=O) groups is 1. The van der Waals surface area contributed by atoms with Gasteiger partial charge in [-0.3, -0.25) is 4.79 Å². The first-order valence-corrected chi connectivity index (χ1v) is 4.47. The van der Waals surface area contributed by atoms with Gasteiger partial charge in [-0.25, -0.2) is 0 Å². The Morgan fingerprint density at radius 1 is 1.45 bits per heavy atom. The molecule has 0 aromatic carbocycles. The number of hydrogen-bond acceptors (Lipinski definition) is 3. The Balaban J connectivity index is 2.46. The second-order valence-electron chi connectivity index (χ2n) is 2.57. The van der Waals surface area contributed by atoms with Crippen LogP contribution in [0.5, 0.6) is 0 Å². The molecule has 0 radical (unpaired) electrons. The van der Waals surface area contributed by atoms with Crippen LogP contribution in [0.25, 0.3) is 0 Å². The quantitative estimate of drug-likeness (QED) is 0.558. The third-order valence-corrected chi connectivity index (χ3v) is 2.21. The van der Waals surface area contributed by atoms with Gasteiger partial charge in [0.2, 0.25) is 5.91 Å². The number of alkyl halides is 1. The fourth-order valence-electron chi connectivity index (χ4n) is 1.06. The highest BCUT2D eigenvalue weighted by Gasteiger charge is 2.31. The number of amides is 1. The highest BCUT2D eigenvalue weighted by molar-refractivity contribution is 9.09. The number of β-amino-alcohol motifs (C(OH)–C–C–N with tert-alkyl or cyclic N) is 2. The fourth-order valence-corrected chi connectivity index (χ4v) is 1.41. The van der Waals surface area contributed by atoms with E-state index >= 15 is 0 Å². The second-order valence-corrected chi connectivity index (χ2v) is 3.13. The summed E-state index contributed by atoms with van der Waals surface area (Å²) < 4.78 is 0. The zero-order valence-corrected chi connectivity index (χ0v) is 7.49. The molecule has 0 saturated carbocycles. The van der Waals surface area contributed by atoms with Crippen LogP contribution in [-0.2, 0) is 4.79 Å². The van der Waals surface area contributed by atoms with Crippen molar-refractivity contribution in [3.8, 4) is 0 Å². The Bertz CT molecular complexity index is 154. The third kappa shape index (κ3) is 1.91. The van der Waals surface area contributed by atoms with E-state index in [1.165, 1.54) is 4.90 Å². The van der Waals surface area contributed by atoms with E-state index in [0.29, 0.717) is 0 Å². The van der Waals surface area contributed by atoms with Crippen LogP contribution in [0, 0.1) is 0 Å². The van der Waals surface area contributed by atoms with Gasteiger partial charge in [-0.05, 0) is 0 Å². The average molecular weight is 224 g/mol. The maximum Gasteiger partial charge on any atom is 0.233 e. The smallest absolute Gasteiger partial charge is 0.233 e. The van der Waals surface area contributed by atoms with E-state index in [0.717, 1.165) is 0 Å². The first-order valence-electron chi connectivity index (χ1n) is 3.35. The molecule has 2 atom stereocenters. The molecule has 0 bridgehead atoms. The van der Waals surface area contributed by atoms with Crippen LogP contribution < -0.4 is 0 Å². The number of rotatable bonds is 1. The summed E-state index contributed by atoms with van der Waals surface area (Å²) in [5.41, 5.74) is 0. The highest BCUT2D eigenvalue weighted by atomic mass is 79.9. The van der Waals surface area contributed by atoms with E-state index in [-0.39, 0.29) is 24.3 Å². The number of nitrogens with zero attached hydrogens (tertiary/aromatic N) is 1. The summed E-state index contributed by atoms with van der Waals surface area (Å²) in [7, 11) is 0. The molecule has 5 heteroatoms. The zero-order chi connectivity index (χ0) is 8.43. The molecule has 0 spiro atoms. The van der Waals surface area contributed by atoms with Crippen LogP contribution >= 0.6 is 15.9 Å². The standard InChI is InChI=1S/C6H10BrNO3/c7-1-6(11)8-2-4(9)5(10)3-8/h4-5,9-10H,1-3H2/t4-,5+. The van der Waals surface area contributed by atoms with Crippen molar-refractivity contribution in [2.45, 2.75) is 12.2 Å². The van der Waals surface area contributed by atoms with Crippen molar-refractivity contribution in [3.63, 3.8) is 0 Å². The van der Waals surface area contributed by atoms with Gasteiger partial charge in [0, 0.05) is 13.1 Å². The van der Waals surface area contributed by atoms with E-state index in [4.69, 9.17) is 10.2 Å². The van der Waals surface area contributed by atoms with Crippen molar-refractivity contribution in [2.24, 2.45) is 0 Å². The first kappa shape index (κ1) is 8.96. The van der Waals surface area contributed by atoms with Gasteiger partial charge < -0.3 is 15.1 Å². The normalized spacial score (nSPS) is 31.0. The molecular weight excluding hydrogens is 214 g/mol. The summed E-state index contributed by atoms with van der Waals surface area (Å²) >= 11 is 3.01. The molecule has 1 saturated heterocycles. The minimum absolute atomic E-state index is 0.0967. The summed E-state index contributed by atoms with van der Waals surface area (Å²) in [6, 6.07) is 0. The molecule has 4 nitrogen and oxygen atoms in total. The van der Waals surface area contributed by atoms with Gasteiger partial charge in [0.15, 0.2) is 0 Å². The molecule has 64 valence electrons. The number of carbonyl (C=O) groups excluding carboxylic acids is 1. The number of hydrogen-bond donors (Lipinski definition) is 2. The molecule has 1 fully saturated rings. The topological polar surface area (TPSA) is 60.8 Å². The Kier molecular flexibility index (Phi) is 2.86. The Labute approximate surface area is 72.9 Å². The molecule has 0 unspecified atom stereocenters. The molecule has 1 heterocycles. The molecule has 0 aromatic heterocycles. The van der Waals surface area contributed by atoms with Gasteiger partial charge in [0.05, 0.1) is 17.5 Å². The maximum atomic E-state index is 11.0. The number of likely N-dealkylation sites (tertiary alicyclic amines) is 1. The molecular formula is C6H10BrNO3. The van der Waals surface area contributed by atoms with Gasteiger partial charge in [0.25, 0.3) is 0 Å². The van der Waals surface area contributed by atoms with Crippen LogP contribution in [0.2, 0.25) is 0 Å². The Hall–Kier alpha value is -0.130. The van der Waals surface area contributed by atoms with Gasteiger partial charge in [-0.2, -0.15) is 0 Å². The molecule has 0 aliphatic carbocycles. The van der Waals surface area contributed by atoms with Gasteiger partial charge in [-0.15, -0.1) is 0 Å². The lowest BCUT2D eigenvalue weighted by Gasteiger charge is -2.12. The number of aliphatic hydroxyl groups excluding tert-OH is 2. The van der Waals surface area contributed by atoms with Crippen LogP contribution in [-0.4, -0.2) is 51.6 Å². The predicted octanol–water partition coefficient (Wildman–Crippen LogP) is -1.05. The third-order valence-electron chi connectivity index (χ3n) is 1.73. The van der Waals surface area contributed by atoms with Crippen molar-refractivity contribution in [1.82, 2.24) is 4.90 Å². The predicted molar refractivity (Wildman–Crippen MR) is 42.4 cm³/mol. The van der Waals surface area contributed by atoms with Crippen LogP contribution in [0.15, 0.2) is 0 Å². The Morgan fingerprint density at radius 3 is 2.27 bits per heavy atom. The number of halogens is 1. The largest absolute Gasteiger partial charge is 0.388 e. The minimum atomic E-state index is -0.780. The van der Waals surface area contributed by atoms with Crippen molar-refractivity contribution in [3.05, 3.63) is 0 Å². The summed E-state index contributed by atoms with van der Waals surface area (Å²) in [5.74, 6) is -0.0967. The van der Waals surface area contributed by atoms with E-state index in [1.807, 2.05) is 0 Å². The molecule has 1 amide bonds. The molecule has 2 N–H and O–H groups in total. The number of aliphatic hydroxyl groups is 2. The second kappa shape index (κ2) is 3.51. The molecule has 1 rings (SSSR count). The summed E-state index contributed by atoms with van der Waals surface area (Å²) in [5, 5.41) is 18.3. The SMILES string of the molecule is O=C(CBr)N1C[C@@H](O)[C@@H](O)C1. The van der Waals surface area contributed by atoms with Crippen LogP contribution in [0.3, 0.4) is 0 Å². The Morgan fingerprint density at radius 2 is 1.91 bits per heavy atom. The lowest BCUT2D eigenvalue weighted by atomic mass is 10.3. The lowest BCUT2D eigenvalue weighted by molar-refractivity contribution is -0.127. The highest BCUT2D eigenvalue weighted by Crippen LogP contribution is 2.10. The van der Waals surface area contributed by atoms with Crippen molar-refractivity contribution in [1.29, 1.82) is 0 Å². The van der Waals surface area contributed by atoms with Gasteiger partial charge in [0.1, 0.15) is 0 Å². The minimum Gasteiger partial charge on any atom is -0.388 e. The van der Waals surface area contributed by atoms with E-state index in [2.05, 4.69) is 15.9 Å². The summed E-state index contributed by atoms with van der Waals surface area (Å²) in [6.07, 6.45) is -1.56. The molecule has 11 heavy (non-hydrogen) atoms. The molecule has 1 aliphatic rings. The van der Waals surface area contributed by atoms with E-state index in [9.17, 15) is 4.79 Å². The monoisotopic (exact) mass is 223 g/mol. The van der Waals surface area contributed by atoms with Crippen LogP contribution in [0.1, 0.15) is 0 Å². The van der Waals surface area contributed by atoms with Crippen LogP contribution in [0.4, 0.5) is 0 Å². The van der Waals surface area contributed by atoms with Gasteiger partial charge >= 0.3 is 0 Å². The van der Waals surface area contributed by atoms with E-state index in [1.54, 1.807) is 0 Å². The fraction of sp³-hybridized carbons (Fsp3) is 0.833. The maximum absolute atomic E-state index is 11.0. The zero-order valence-electron chi connectivity index (χ0n) is 5.90.